The molecule has 6 heteroatoms. The Hall–Kier alpha value is -2.31. The first kappa shape index (κ1) is 23.0. The summed E-state index contributed by atoms with van der Waals surface area (Å²) in [6, 6.07) is 17.8. The van der Waals surface area contributed by atoms with Gasteiger partial charge in [-0.15, -0.1) is 0 Å². The van der Waals surface area contributed by atoms with Crippen LogP contribution in [0.3, 0.4) is 0 Å². The second-order valence-corrected chi connectivity index (χ2v) is 8.24. The first-order valence-corrected chi connectivity index (χ1v) is 11.2. The molecule has 0 aliphatic heterocycles. The number of nitrogens with two attached hydrogens (primary N) is 1. The van der Waals surface area contributed by atoms with Crippen molar-refractivity contribution in [2.45, 2.75) is 38.5 Å². The minimum Gasteiger partial charge on any atom is -0.451 e. The number of benzene rings is 2. The summed E-state index contributed by atoms with van der Waals surface area (Å²) < 4.78 is 5.92. The fraction of sp³-hybridized carbons (Fsp3) is 0.391. The van der Waals surface area contributed by atoms with E-state index >= 15 is 0 Å². The molecule has 29 heavy (non-hydrogen) atoms. The average molecular weight is 415 g/mol. The molecule has 0 aliphatic carbocycles. The van der Waals surface area contributed by atoms with Crippen LogP contribution in [0.2, 0.25) is 0 Å². The molecule has 0 spiro atoms. The maximum absolute atomic E-state index is 13.0. The van der Waals surface area contributed by atoms with Crippen molar-refractivity contribution in [1.82, 2.24) is 5.32 Å². The number of nitrogens with one attached hydrogen (secondary N) is 1. The molecular formula is C23H30N2O3S. The zero-order valence-corrected chi connectivity index (χ0v) is 18.0. The highest BCUT2D eigenvalue weighted by Crippen LogP contribution is 2.26. The van der Waals surface area contributed by atoms with Crippen LogP contribution >= 0.6 is 11.8 Å². The Morgan fingerprint density at radius 3 is 1.97 bits per heavy atom. The third kappa shape index (κ3) is 6.91. The molecule has 156 valence electrons. The van der Waals surface area contributed by atoms with E-state index in [1.807, 2.05) is 80.8 Å². The minimum absolute atomic E-state index is 0.0198. The molecule has 2 aromatic carbocycles. The molecule has 0 saturated carbocycles. The van der Waals surface area contributed by atoms with Crippen LogP contribution in [0.15, 0.2) is 60.7 Å². The lowest BCUT2D eigenvalue weighted by Crippen LogP contribution is -2.51. The third-order valence-corrected chi connectivity index (χ3v) is 5.32. The van der Waals surface area contributed by atoms with Crippen molar-refractivity contribution < 1.29 is 14.3 Å². The zero-order chi connectivity index (χ0) is 21.2. The highest BCUT2D eigenvalue weighted by Gasteiger charge is 2.29. The third-order valence-electron chi connectivity index (χ3n) is 4.67. The average Bonchev–Trinajstić information content (AvgIpc) is 2.75. The number of amides is 1. The lowest BCUT2D eigenvalue weighted by atomic mass is 10.0. The van der Waals surface area contributed by atoms with Gasteiger partial charge in [-0.25, -0.2) is 4.79 Å². The molecule has 0 radical (unpaired) electrons. The number of carbonyl (C=O) groups is 2. The smallest absolute Gasteiger partial charge is 0.329 e. The van der Waals surface area contributed by atoms with E-state index in [1.54, 1.807) is 11.8 Å². The van der Waals surface area contributed by atoms with E-state index in [1.165, 1.54) is 0 Å². The van der Waals surface area contributed by atoms with Crippen LogP contribution in [0.1, 0.15) is 37.5 Å². The molecular weight excluding hydrogens is 384 g/mol. The van der Waals surface area contributed by atoms with Crippen LogP contribution < -0.4 is 11.1 Å². The second kappa shape index (κ2) is 11.6. The Morgan fingerprint density at radius 1 is 1.00 bits per heavy atom. The van der Waals surface area contributed by atoms with Crippen molar-refractivity contribution in [1.29, 1.82) is 0 Å². The number of ether oxygens (including phenoxy) is 1. The first-order valence-electron chi connectivity index (χ1n) is 9.79. The van der Waals surface area contributed by atoms with Gasteiger partial charge in [0, 0.05) is 0 Å². The van der Waals surface area contributed by atoms with E-state index in [0.29, 0.717) is 6.42 Å². The fourth-order valence-electron chi connectivity index (χ4n) is 2.84. The van der Waals surface area contributed by atoms with Gasteiger partial charge < -0.3 is 15.8 Å². The molecule has 0 fully saturated rings. The molecule has 2 rings (SSSR count). The molecule has 0 aliphatic rings. The van der Waals surface area contributed by atoms with E-state index in [0.717, 1.165) is 16.9 Å². The Labute approximate surface area is 177 Å². The van der Waals surface area contributed by atoms with Gasteiger partial charge in [0.05, 0.1) is 6.04 Å². The summed E-state index contributed by atoms with van der Waals surface area (Å²) in [4.78, 5) is 25.5. The van der Waals surface area contributed by atoms with Gasteiger partial charge in [-0.3, -0.25) is 4.79 Å². The quantitative estimate of drug-likeness (QED) is 0.581. The van der Waals surface area contributed by atoms with Crippen LogP contribution in [-0.4, -0.2) is 36.0 Å². The van der Waals surface area contributed by atoms with E-state index in [-0.39, 0.29) is 11.8 Å². The van der Waals surface area contributed by atoms with Crippen molar-refractivity contribution >= 4 is 23.6 Å². The summed E-state index contributed by atoms with van der Waals surface area (Å²) in [6.45, 7) is 3.75. The summed E-state index contributed by atoms with van der Waals surface area (Å²) >= 11 is 1.61. The minimum atomic E-state index is -0.741. The van der Waals surface area contributed by atoms with Crippen LogP contribution in [0.25, 0.3) is 0 Å². The highest BCUT2D eigenvalue weighted by atomic mass is 32.2. The number of rotatable bonds is 10. The van der Waals surface area contributed by atoms with Gasteiger partial charge in [0.25, 0.3) is 0 Å². The van der Waals surface area contributed by atoms with Crippen LogP contribution in [0.5, 0.6) is 0 Å². The van der Waals surface area contributed by atoms with Crippen LogP contribution in [-0.2, 0) is 14.3 Å². The predicted octanol–water partition coefficient (Wildman–Crippen LogP) is 3.54. The Bertz CT molecular complexity index is 729. The lowest BCUT2D eigenvalue weighted by molar-refractivity contribution is -0.151. The largest absolute Gasteiger partial charge is 0.451 e. The Morgan fingerprint density at radius 2 is 1.52 bits per heavy atom. The number of carbonyl (C=O) groups excluding carboxylic acids is 2. The van der Waals surface area contributed by atoms with Gasteiger partial charge in [-0.05, 0) is 35.5 Å². The SMILES string of the molecule is CSCC[C@H](NC(=O)[C@@H](N)C(C)C)C(=O)OC(c1ccccc1)c1ccccc1. The molecule has 2 aromatic rings. The van der Waals surface area contributed by atoms with Crippen molar-refractivity contribution in [2.75, 3.05) is 12.0 Å². The van der Waals surface area contributed by atoms with E-state index in [4.69, 9.17) is 10.5 Å². The first-order chi connectivity index (χ1) is 13.9. The van der Waals surface area contributed by atoms with Gasteiger partial charge in [0.15, 0.2) is 6.10 Å². The molecule has 3 N–H and O–H groups in total. The number of thioether (sulfide) groups is 1. The molecule has 0 aromatic heterocycles. The molecule has 0 unspecified atom stereocenters. The Kier molecular flexibility index (Phi) is 9.22. The summed E-state index contributed by atoms with van der Waals surface area (Å²) in [5, 5.41) is 2.79. The van der Waals surface area contributed by atoms with E-state index in [9.17, 15) is 9.59 Å². The van der Waals surface area contributed by atoms with Crippen LogP contribution in [0.4, 0.5) is 0 Å². The lowest BCUT2D eigenvalue weighted by Gasteiger charge is -2.25. The molecule has 1 amide bonds. The summed E-state index contributed by atoms with van der Waals surface area (Å²) in [5.74, 6) is -0.0909. The fourth-order valence-corrected chi connectivity index (χ4v) is 3.31. The van der Waals surface area contributed by atoms with Crippen LogP contribution in [0, 0.1) is 5.92 Å². The number of hydrogen-bond acceptors (Lipinski definition) is 5. The Balaban J connectivity index is 2.22. The summed E-state index contributed by atoms with van der Waals surface area (Å²) in [5.41, 5.74) is 7.70. The molecule has 5 nitrogen and oxygen atoms in total. The van der Waals surface area contributed by atoms with Crippen molar-refractivity contribution in [3.05, 3.63) is 71.8 Å². The van der Waals surface area contributed by atoms with Gasteiger partial charge in [-0.1, -0.05) is 74.5 Å². The van der Waals surface area contributed by atoms with Crippen molar-refractivity contribution in [2.24, 2.45) is 11.7 Å². The van der Waals surface area contributed by atoms with Gasteiger partial charge in [0.2, 0.25) is 5.91 Å². The summed E-state index contributed by atoms with van der Waals surface area (Å²) in [6.07, 6.45) is 1.89. The van der Waals surface area contributed by atoms with Gasteiger partial charge >= 0.3 is 5.97 Å². The number of hydrogen-bond donors (Lipinski definition) is 2. The predicted molar refractivity (Wildman–Crippen MR) is 119 cm³/mol. The van der Waals surface area contributed by atoms with E-state index < -0.39 is 24.2 Å². The standard InChI is InChI=1S/C23H30N2O3S/c1-16(2)20(24)22(26)25-19(14-15-29-3)23(27)28-21(17-10-6-4-7-11-17)18-12-8-5-9-13-18/h4-13,16,19-21H,14-15,24H2,1-3H3,(H,25,26)/t19-,20-/m0/s1. The molecule has 0 heterocycles. The highest BCUT2D eigenvalue weighted by molar-refractivity contribution is 7.98. The zero-order valence-electron chi connectivity index (χ0n) is 17.2. The van der Waals surface area contributed by atoms with Crippen molar-refractivity contribution in [3.63, 3.8) is 0 Å². The van der Waals surface area contributed by atoms with Gasteiger partial charge in [-0.2, -0.15) is 11.8 Å². The van der Waals surface area contributed by atoms with E-state index in [2.05, 4.69) is 5.32 Å². The normalized spacial score (nSPS) is 13.2. The molecule has 0 bridgehead atoms. The van der Waals surface area contributed by atoms with Gasteiger partial charge in [0.1, 0.15) is 6.04 Å². The van der Waals surface area contributed by atoms with Crippen molar-refractivity contribution in [3.8, 4) is 0 Å². The summed E-state index contributed by atoms with van der Waals surface area (Å²) in [7, 11) is 0. The second-order valence-electron chi connectivity index (χ2n) is 7.25. The maximum atomic E-state index is 13.0. The molecule has 0 saturated heterocycles. The monoisotopic (exact) mass is 414 g/mol. The molecule has 2 atom stereocenters. The maximum Gasteiger partial charge on any atom is 0.329 e. The number of esters is 1. The topological polar surface area (TPSA) is 81.4 Å².